The highest BCUT2D eigenvalue weighted by molar-refractivity contribution is 7.91. The van der Waals surface area contributed by atoms with Gasteiger partial charge in [-0.1, -0.05) is 13.0 Å². The minimum absolute atomic E-state index is 0.112. The predicted molar refractivity (Wildman–Crippen MR) is 81.0 cm³/mol. The van der Waals surface area contributed by atoms with E-state index in [0.717, 1.165) is 11.3 Å². The van der Waals surface area contributed by atoms with Crippen molar-refractivity contribution in [1.29, 1.82) is 0 Å². The number of thiophene rings is 1. The second-order valence-corrected chi connectivity index (χ2v) is 8.33. The summed E-state index contributed by atoms with van der Waals surface area (Å²) in [6.07, 6.45) is 0. The van der Waals surface area contributed by atoms with Gasteiger partial charge in [-0.25, -0.2) is 8.42 Å². The van der Waals surface area contributed by atoms with Crippen LogP contribution in [0.1, 0.15) is 13.8 Å². The maximum Gasteiger partial charge on any atom is 0.308 e. The molecule has 0 spiro atoms. The standard InChI is InChI=1S/C13H18N2O5S2/c1-8-6-15(7-10(8)13(17)18)12(16)9(2)14-22(19,20)11-4-3-5-21-11/h3-5,8-10,14H,6-7H2,1-2H3,(H,17,18)/t8-,9?,10-/m1/s1. The van der Waals surface area contributed by atoms with Crippen LogP contribution in [0.3, 0.4) is 0 Å². The fourth-order valence-electron chi connectivity index (χ4n) is 2.50. The Morgan fingerprint density at radius 2 is 2.14 bits per heavy atom. The van der Waals surface area contributed by atoms with Gasteiger partial charge in [0.05, 0.1) is 12.0 Å². The molecule has 9 heteroatoms. The first kappa shape index (κ1) is 16.9. The average Bonchev–Trinajstić information content (AvgIpc) is 3.06. The number of carboxylic acids is 1. The second-order valence-electron chi connectivity index (χ2n) is 5.44. The number of rotatable bonds is 5. The van der Waals surface area contributed by atoms with E-state index in [4.69, 9.17) is 5.11 Å². The first-order valence-corrected chi connectivity index (χ1v) is 9.16. The smallest absolute Gasteiger partial charge is 0.308 e. The molecule has 0 bridgehead atoms. The Morgan fingerprint density at radius 3 is 2.64 bits per heavy atom. The van der Waals surface area contributed by atoms with Crippen LogP contribution >= 0.6 is 11.3 Å². The molecule has 1 aromatic heterocycles. The summed E-state index contributed by atoms with van der Waals surface area (Å²) in [5.74, 6) is -2.10. The molecule has 1 fully saturated rings. The summed E-state index contributed by atoms with van der Waals surface area (Å²) in [4.78, 5) is 24.8. The highest BCUT2D eigenvalue weighted by Gasteiger charge is 2.38. The molecule has 0 aliphatic carbocycles. The lowest BCUT2D eigenvalue weighted by Crippen LogP contribution is -2.46. The van der Waals surface area contributed by atoms with Gasteiger partial charge in [-0.2, -0.15) is 4.72 Å². The molecule has 2 N–H and O–H groups in total. The predicted octanol–water partition coefficient (Wildman–Crippen LogP) is 0.594. The zero-order valence-electron chi connectivity index (χ0n) is 12.2. The maximum absolute atomic E-state index is 12.3. The molecule has 1 unspecified atom stereocenters. The Kier molecular flexibility index (Phi) is 4.88. The van der Waals surface area contributed by atoms with Crippen LogP contribution in [0.15, 0.2) is 21.7 Å². The molecule has 0 aromatic carbocycles. The number of aliphatic carboxylic acids is 1. The van der Waals surface area contributed by atoms with Crippen molar-refractivity contribution in [3.63, 3.8) is 0 Å². The van der Waals surface area contributed by atoms with Crippen LogP contribution in [0.4, 0.5) is 0 Å². The number of hydrogen-bond donors (Lipinski definition) is 2. The summed E-state index contributed by atoms with van der Waals surface area (Å²) < 4.78 is 26.7. The van der Waals surface area contributed by atoms with Crippen molar-refractivity contribution < 1.29 is 23.1 Å². The van der Waals surface area contributed by atoms with Gasteiger partial charge in [0.2, 0.25) is 5.91 Å². The largest absolute Gasteiger partial charge is 0.481 e. The number of hydrogen-bond acceptors (Lipinski definition) is 5. The van der Waals surface area contributed by atoms with Crippen LogP contribution in [-0.4, -0.2) is 49.4 Å². The normalized spacial score (nSPS) is 23.5. The van der Waals surface area contributed by atoms with E-state index in [0.29, 0.717) is 6.54 Å². The quantitative estimate of drug-likeness (QED) is 0.812. The maximum atomic E-state index is 12.3. The lowest BCUT2D eigenvalue weighted by Gasteiger charge is -2.21. The van der Waals surface area contributed by atoms with Crippen molar-refractivity contribution in [3.8, 4) is 0 Å². The van der Waals surface area contributed by atoms with Crippen molar-refractivity contribution in [3.05, 3.63) is 17.5 Å². The fourth-order valence-corrected chi connectivity index (χ4v) is 4.71. The van der Waals surface area contributed by atoms with Crippen LogP contribution < -0.4 is 4.72 Å². The number of carbonyl (C=O) groups excluding carboxylic acids is 1. The van der Waals surface area contributed by atoms with Crippen LogP contribution in [0.2, 0.25) is 0 Å². The van der Waals surface area contributed by atoms with E-state index in [2.05, 4.69) is 4.72 Å². The topological polar surface area (TPSA) is 104 Å². The molecule has 0 radical (unpaired) electrons. The number of nitrogens with zero attached hydrogens (tertiary/aromatic N) is 1. The number of amides is 1. The molecule has 7 nitrogen and oxygen atoms in total. The Morgan fingerprint density at radius 1 is 1.45 bits per heavy atom. The molecule has 0 saturated carbocycles. The average molecular weight is 346 g/mol. The van der Waals surface area contributed by atoms with Gasteiger partial charge in [-0.15, -0.1) is 11.3 Å². The van der Waals surface area contributed by atoms with Gasteiger partial charge in [0.25, 0.3) is 10.0 Å². The number of likely N-dealkylation sites (tertiary alicyclic amines) is 1. The van der Waals surface area contributed by atoms with E-state index in [9.17, 15) is 18.0 Å². The van der Waals surface area contributed by atoms with Gasteiger partial charge >= 0.3 is 5.97 Å². The SMILES string of the molecule is CC(NS(=O)(=O)c1cccs1)C(=O)N1C[C@@H](C)[C@H](C(=O)O)C1. The first-order chi connectivity index (χ1) is 10.2. The van der Waals surface area contributed by atoms with E-state index in [-0.39, 0.29) is 16.7 Å². The number of nitrogens with one attached hydrogen (secondary N) is 1. The summed E-state index contributed by atoms with van der Waals surface area (Å²) in [5.41, 5.74) is 0. The van der Waals surface area contributed by atoms with E-state index in [1.165, 1.54) is 17.9 Å². The van der Waals surface area contributed by atoms with Gasteiger partial charge in [0.15, 0.2) is 0 Å². The lowest BCUT2D eigenvalue weighted by molar-refractivity contribution is -0.142. The van der Waals surface area contributed by atoms with Crippen molar-refractivity contribution >= 4 is 33.2 Å². The summed E-state index contributed by atoms with van der Waals surface area (Å²) in [6, 6.07) is 2.14. The van der Waals surface area contributed by atoms with Crippen LogP contribution in [0, 0.1) is 11.8 Å². The van der Waals surface area contributed by atoms with Crippen LogP contribution in [0.5, 0.6) is 0 Å². The fraction of sp³-hybridized carbons (Fsp3) is 0.538. The molecule has 1 amide bonds. The van der Waals surface area contributed by atoms with Gasteiger partial charge in [-0.05, 0) is 24.3 Å². The van der Waals surface area contributed by atoms with Crippen LogP contribution in [0.25, 0.3) is 0 Å². The number of sulfonamides is 1. The van der Waals surface area contributed by atoms with Gasteiger partial charge in [0.1, 0.15) is 4.21 Å². The third kappa shape index (κ3) is 3.47. The number of carboxylic acid groups (broad SMARTS) is 1. The molecular formula is C13H18N2O5S2. The Labute approximate surface area is 133 Å². The zero-order valence-corrected chi connectivity index (χ0v) is 13.9. The molecule has 1 aliphatic heterocycles. The third-order valence-electron chi connectivity index (χ3n) is 3.70. The lowest BCUT2D eigenvalue weighted by atomic mass is 9.99. The monoisotopic (exact) mass is 346 g/mol. The Bertz CT molecular complexity index is 656. The van der Waals surface area contributed by atoms with Crippen molar-refractivity contribution in [2.24, 2.45) is 11.8 Å². The highest BCUT2D eigenvalue weighted by Crippen LogP contribution is 2.24. The molecule has 1 aliphatic rings. The summed E-state index contributed by atoms with van der Waals surface area (Å²) in [5, 5.41) is 10.7. The third-order valence-corrected chi connectivity index (χ3v) is 6.64. The first-order valence-electron chi connectivity index (χ1n) is 6.80. The van der Waals surface area contributed by atoms with Crippen molar-refractivity contribution in [1.82, 2.24) is 9.62 Å². The summed E-state index contributed by atoms with van der Waals surface area (Å²) in [6.45, 7) is 3.67. The molecule has 1 saturated heterocycles. The Hall–Kier alpha value is -1.45. The summed E-state index contributed by atoms with van der Waals surface area (Å²) in [7, 11) is -3.73. The Balaban J connectivity index is 2.03. The molecule has 1 aromatic rings. The van der Waals surface area contributed by atoms with Gasteiger partial charge < -0.3 is 10.0 Å². The molecule has 2 heterocycles. The second kappa shape index (κ2) is 6.35. The molecule has 22 heavy (non-hydrogen) atoms. The van der Waals surface area contributed by atoms with E-state index < -0.39 is 33.9 Å². The van der Waals surface area contributed by atoms with Gasteiger partial charge in [0, 0.05) is 13.1 Å². The van der Waals surface area contributed by atoms with Crippen LogP contribution in [-0.2, 0) is 19.6 Å². The van der Waals surface area contributed by atoms with E-state index in [1.54, 1.807) is 18.4 Å². The molecule has 122 valence electrons. The van der Waals surface area contributed by atoms with E-state index >= 15 is 0 Å². The summed E-state index contributed by atoms with van der Waals surface area (Å²) >= 11 is 1.07. The molecular weight excluding hydrogens is 328 g/mol. The zero-order chi connectivity index (χ0) is 16.5. The molecule has 2 rings (SSSR count). The van der Waals surface area contributed by atoms with Crippen molar-refractivity contribution in [2.75, 3.05) is 13.1 Å². The minimum atomic E-state index is -3.73. The number of carbonyl (C=O) groups is 2. The van der Waals surface area contributed by atoms with Crippen molar-refractivity contribution in [2.45, 2.75) is 24.1 Å². The van der Waals surface area contributed by atoms with E-state index in [1.807, 2.05) is 0 Å². The van der Waals surface area contributed by atoms with Gasteiger partial charge in [-0.3, -0.25) is 9.59 Å². The molecule has 3 atom stereocenters. The minimum Gasteiger partial charge on any atom is -0.481 e. The highest BCUT2D eigenvalue weighted by atomic mass is 32.2.